The Bertz CT molecular complexity index is 1110. The molecule has 3 heterocycles. The molecule has 2 aromatic heterocycles. The first-order valence-electron chi connectivity index (χ1n) is 11.0. The average molecular weight is 455 g/mol. The van der Waals surface area contributed by atoms with E-state index in [-0.39, 0.29) is 11.8 Å². The van der Waals surface area contributed by atoms with E-state index in [1.165, 1.54) is 4.88 Å². The number of nitrogens with zero attached hydrogens (tertiary/aromatic N) is 3. The predicted molar refractivity (Wildman–Crippen MR) is 128 cm³/mol. The monoisotopic (exact) mass is 454 g/mol. The molecule has 1 aliphatic heterocycles. The minimum atomic E-state index is 0.0120. The summed E-state index contributed by atoms with van der Waals surface area (Å²) in [6, 6.07) is 5.70. The number of methoxy groups -OCH3 is 2. The van der Waals surface area contributed by atoms with Crippen LogP contribution in [0.2, 0.25) is 0 Å². The largest absolute Gasteiger partial charge is 0.493 e. The second-order valence-electron chi connectivity index (χ2n) is 8.04. The zero-order chi connectivity index (χ0) is 22.7. The summed E-state index contributed by atoms with van der Waals surface area (Å²) in [5.41, 5.74) is 2.01. The van der Waals surface area contributed by atoms with Crippen molar-refractivity contribution in [3.8, 4) is 11.5 Å². The maximum atomic E-state index is 12.8. The van der Waals surface area contributed by atoms with Crippen LogP contribution in [-0.2, 0) is 17.8 Å². The number of aromatic nitrogens is 2. The molecule has 0 spiro atoms. The van der Waals surface area contributed by atoms with Crippen molar-refractivity contribution < 1.29 is 14.3 Å². The molecule has 0 unspecified atom stereocenters. The second-order valence-corrected chi connectivity index (χ2v) is 9.12. The van der Waals surface area contributed by atoms with Crippen LogP contribution in [0.3, 0.4) is 0 Å². The fraction of sp³-hybridized carbons (Fsp3) is 0.458. The van der Waals surface area contributed by atoms with Gasteiger partial charge in [-0.05, 0) is 37.5 Å². The van der Waals surface area contributed by atoms with Crippen molar-refractivity contribution in [1.29, 1.82) is 0 Å². The number of thiophene rings is 1. The molecule has 1 saturated heterocycles. The molecule has 1 aromatic carbocycles. The summed E-state index contributed by atoms with van der Waals surface area (Å²) < 4.78 is 10.6. The first-order valence-corrected chi connectivity index (χ1v) is 11.9. The number of hydrogen-bond donors (Lipinski definition) is 1. The molecule has 4 rings (SSSR count). The van der Waals surface area contributed by atoms with E-state index in [2.05, 4.69) is 34.4 Å². The molecule has 1 amide bonds. The predicted octanol–water partition coefficient (Wildman–Crippen LogP) is 4.11. The number of carbonyl (C=O) groups is 1. The highest BCUT2D eigenvalue weighted by Crippen LogP contribution is 2.34. The van der Waals surface area contributed by atoms with Crippen LogP contribution < -0.4 is 19.7 Å². The van der Waals surface area contributed by atoms with E-state index in [1.807, 2.05) is 18.2 Å². The Morgan fingerprint density at radius 3 is 2.62 bits per heavy atom. The highest BCUT2D eigenvalue weighted by Gasteiger charge is 2.27. The number of piperidine rings is 1. The molecule has 1 N–H and O–H groups in total. The molecule has 1 fully saturated rings. The van der Waals surface area contributed by atoms with E-state index in [1.54, 1.807) is 25.6 Å². The van der Waals surface area contributed by atoms with Crippen molar-refractivity contribution in [1.82, 2.24) is 15.3 Å². The highest BCUT2D eigenvalue weighted by molar-refractivity contribution is 7.11. The fourth-order valence-corrected chi connectivity index (χ4v) is 4.98. The Balaban J connectivity index is 1.38. The number of benzene rings is 1. The van der Waals surface area contributed by atoms with E-state index in [0.717, 1.165) is 60.5 Å². The molecule has 1 aliphatic rings. The Kier molecular flexibility index (Phi) is 6.79. The van der Waals surface area contributed by atoms with Crippen LogP contribution in [0.25, 0.3) is 10.9 Å². The van der Waals surface area contributed by atoms with Gasteiger partial charge in [-0.15, -0.1) is 11.3 Å². The van der Waals surface area contributed by atoms with Gasteiger partial charge >= 0.3 is 0 Å². The van der Waals surface area contributed by atoms with Gasteiger partial charge in [-0.1, -0.05) is 13.0 Å². The lowest BCUT2D eigenvalue weighted by Crippen LogP contribution is -2.40. The molecule has 170 valence electrons. The van der Waals surface area contributed by atoms with Gasteiger partial charge in [0.15, 0.2) is 11.5 Å². The number of amides is 1. The van der Waals surface area contributed by atoms with Gasteiger partial charge in [0.2, 0.25) is 5.91 Å². The Hall–Kier alpha value is -2.87. The lowest BCUT2D eigenvalue weighted by Gasteiger charge is -2.32. The van der Waals surface area contributed by atoms with E-state index < -0.39 is 0 Å². The average Bonchev–Trinajstić information content (AvgIpc) is 3.22. The van der Waals surface area contributed by atoms with Gasteiger partial charge in [0.25, 0.3) is 0 Å². The molecule has 3 aromatic rings. The molecule has 0 bridgehead atoms. The third-order valence-electron chi connectivity index (χ3n) is 6.06. The van der Waals surface area contributed by atoms with Gasteiger partial charge in [-0.2, -0.15) is 0 Å². The summed E-state index contributed by atoms with van der Waals surface area (Å²) in [5, 5.41) is 6.36. The van der Waals surface area contributed by atoms with Gasteiger partial charge in [-0.3, -0.25) is 4.79 Å². The summed E-state index contributed by atoms with van der Waals surface area (Å²) in [6.07, 6.45) is 2.44. The molecule has 8 heteroatoms. The third kappa shape index (κ3) is 4.50. The van der Waals surface area contributed by atoms with Crippen molar-refractivity contribution in [2.45, 2.75) is 39.7 Å². The van der Waals surface area contributed by atoms with Crippen LogP contribution in [0.1, 0.15) is 36.0 Å². The zero-order valence-corrected chi connectivity index (χ0v) is 19.9. The van der Waals surface area contributed by atoms with Gasteiger partial charge in [-0.25, -0.2) is 9.97 Å². The Labute approximate surface area is 192 Å². The van der Waals surface area contributed by atoms with Crippen LogP contribution >= 0.6 is 11.3 Å². The van der Waals surface area contributed by atoms with Gasteiger partial charge < -0.3 is 19.7 Å². The van der Waals surface area contributed by atoms with E-state index in [9.17, 15) is 4.79 Å². The van der Waals surface area contributed by atoms with Crippen molar-refractivity contribution in [2.24, 2.45) is 5.92 Å². The van der Waals surface area contributed by atoms with Gasteiger partial charge in [0, 0.05) is 42.2 Å². The summed E-state index contributed by atoms with van der Waals surface area (Å²) >= 11 is 1.72. The summed E-state index contributed by atoms with van der Waals surface area (Å²) in [6.45, 7) is 6.32. The molecule has 0 atom stereocenters. The number of fused-ring (bicyclic) bond motifs is 1. The molecule has 32 heavy (non-hydrogen) atoms. The molecule has 0 radical (unpaired) electrons. The second kappa shape index (κ2) is 9.73. The van der Waals surface area contributed by atoms with Gasteiger partial charge in [0.1, 0.15) is 11.6 Å². The number of anilines is 1. The maximum Gasteiger partial charge on any atom is 0.223 e. The SMILES string of the molecule is CCc1nc(N2CCC(C(=O)NCc3ccc(OC)c(OC)c3)CC2)c2c(C)scc2n1. The molecular formula is C24H30N4O3S. The summed E-state index contributed by atoms with van der Waals surface area (Å²) in [5.74, 6) is 3.36. The number of hydrogen-bond acceptors (Lipinski definition) is 7. The lowest BCUT2D eigenvalue weighted by atomic mass is 9.95. The number of carbonyl (C=O) groups excluding carboxylic acids is 1. The molecule has 7 nitrogen and oxygen atoms in total. The first kappa shape index (κ1) is 22.3. The smallest absolute Gasteiger partial charge is 0.223 e. The van der Waals surface area contributed by atoms with Crippen molar-refractivity contribution in [2.75, 3.05) is 32.2 Å². The van der Waals surface area contributed by atoms with E-state index in [0.29, 0.717) is 18.0 Å². The number of rotatable bonds is 7. The topological polar surface area (TPSA) is 76.6 Å². The normalized spacial score (nSPS) is 14.6. The third-order valence-corrected chi connectivity index (χ3v) is 6.96. The highest BCUT2D eigenvalue weighted by atomic mass is 32.1. The number of aryl methyl sites for hydroxylation is 2. The Morgan fingerprint density at radius 2 is 1.94 bits per heavy atom. The Morgan fingerprint density at radius 1 is 1.19 bits per heavy atom. The quantitative estimate of drug-likeness (QED) is 0.579. The summed E-state index contributed by atoms with van der Waals surface area (Å²) in [4.78, 5) is 25.9. The molecular weight excluding hydrogens is 424 g/mol. The molecule has 0 saturated carbocycles. The first-order chi connectivity index (χ1) is 15.5. The number of ether oxygens (including phenoxy) is 2. The molecule has 0 aliphatic carbocycles. The van der Waals surface area contributed by atoms with Crippen molar-refractivity contribution >= 4 is 34.0 Å². The minimum absolute atomic E-state index is 0.0120. The van der Waals surface area contributed by atoms with Crippen LogP contribution in [0, 0.1) is 12.8 Å². The van der Waals surface area contributed by atoms with E-state index >= 15 is 0 Å². The van der Waals surface area contributed by atoms with Crippen LogP contribution in [0.15, 0.2) is 23.6 Å². The lowest BCUT2D eigenvalue weighted by molar-refractivity contribution is -0.125. The standard InChI is InChI=1S/C24H30N4O3S/c1-5-21-26-18-14-32-15(2)22(18)23(27-21)28-10-8-17(9-11-28)24(29)25-13-16-6-7-19(30-3)20(12-16)31-4/h6-7,12,14,17H,5,8-11,13H2,1-4H3,(H,25,29). The zero-order valence-electron chi connectivity index (χ0n) is 19.1. The summed E-state index contributed by atoms with van der Waals surface area (Å²) in [7, 11) is 3.22. The van der Waals surface area contributed by atoms with Crippen LogP contribution in [0.4, 0.5) is 5.82 Å². The number of nitrogens with one attached hydrogen (secondary N) is 1. The van der Waals surface area contributed by atoms with Gasteiger partial charge in [0.05, 0.1) is 25.1 Å². The van der Waals surface area contributed by atoms with Crippen LogP contribution in [0.5, 0.6) is 11.5 Å². The fourth-order valence-electron chi connectivity index (χ4n) is 4.20. The maximum absolute atomic E-state index is 12.8. The van der Waals surface area contributed by atoms with Crippen molar-refractivity contribution in [3.05, 3.63) is 39.8 Å². The van der Waals surface area contributed by atoms with Crippen molar-refractivity contribution in [3.63, 3.8) is 0 Å². The minimum Gasteiger partial charge on any atom is -0.493 e. The van der Waals surface area contributed by atoms with Crippen LogP contribution in [-0.4, -0.2) is 43.2 Å². The van der Waals surface area contributed by atoms with E-state index in [4.69, 9.17) is 14.5 Å².